The van der Waals surface area contributed by atoms with Crippen molar-refractivity contribution in [2.45, 2.75) is 38.6 Å². The van der Waals surface area contributed by atoms with Gasteiger partial charge in [-0.25, -0.2) is 13.8 Å². The molecule has 6 heteroatoms. The number of rotatable bonds is 5. The van der Waals surface area contributed by atoms with Crippen LogP contribution in [0.2, 0.25) is 0 Å². The lowest BCUT2D eigenvalue weighted by Gasteiger charge is -2.11. The molecule has 1 unspecified atom stereocenters. The molecule has 1 atom stereocenters. The summed E-state index contributed by atoms with van der Waals surface area (Å²) in [5, 5.41) is 0. The van der Waals surface area contributed by atoms with Crippen molar-refractivity contribution < 1.29 is 13.2 Å². The van der Waals surface area contributed by atoms with Crippen LogP contribution in [0.5, 0.6) is 0 Å². The second kappa shape index (κ2) is 5.46. The SMILES string of the molecule is CCCCC(=O)NNC1CCS(=O)(=O)C1. The third kappa shape index (κ3) is 4.61. The van der Waals surface area contributed by atoms with Crippen LogP contribution >= 0.6 is 0 Å². The molecule has 5 nitrogen and oxygen atoms in total. The van der Waals surface area contributed by atoms with Crippen LogP contribution in [0.25, 0.3) is 0 Å². The van der Waals surface area contributed by atoms with Gasteiger partial charge in [-0.05, 0) is 12.8 Å². The molecule has 0 radical (unpaired) electrons. The molecule has 15 heavy (non-hydrogen) atoms. The zero-order valence-electron chi connectivity index (χ0n) is 8.95. The Bertz CT molecular complexity index is 313. The van der Waals surface area contributed by atoms with Gasteiger partial charge < -0.3 is 0 Å². The zero-order chi connectivity index (χ0) is 11.3. The highest BCUT2D eigenvalue weighted by molar-refractivity contribution is 7.91. The molecule has 0 aromatic heterocycles. The third-order valence-corrected chi connectivity index (χ3v) is 4.17. The Hall–Kier alpha value is -0.620. The lowest BCUT2D eigenvalue weighted by atomic mass is 10.2. The van der Waals surface area contributed by atoms with Gasteiger partial charge in [0.25, 0.3) is 0 Å². The molecular weight excluding hydrogens is 216 g/mol. The summed E-state index contributed by atoms with van der Waals surface area (Å²) in [5.74, 6) is 0.275. The van der Waals surface area contributed by atoms with Crippen molar-refractivity contribution in [2.24, 2.45) is 0 Å². The van der Waals surface area contributed by atoms with Gasteiger partial charge in [0.15, 0.2) is 9.84 Å². The summed E-state index contributed by atoms with van der Waals surface area (Å²) in [6.07, 6.45) is 2.90. The number of nitrogens with one attached hydrogen (secondary N) is 2. The minimum absolute atomic E-state index is 0.0684. The van der Waals surface area contributed by atoms with E-state index in [0.29, 0.717) is 12.8 Å². The normalized spacial score (nSPS) is 23.9. The number of carbonyl (C=O) groups excluding carboxylic acids is 1. The number of sulfone groups is 1. The lowest BCUT2D eigenvalue weighted by molar-refractivity contribution is -0.122. The number of hydrogen-bond donors (Lipinski definition) is 2. The quantitative estimate of drug-likeness (QED) is 0.656. The maximum absolute atomic E-state index is 11.2. The first-order valence-corrected chi connectivity index (χ1v) is 7.10. The van der Waals surface area contributed by atoms with Crippen molar-refractivity contribution in [3.05, 3.63) is 0 Å². The average molecular weight is 234 g/mol. The van der Waals surface area contributed by atoms with Gasteiger partial charge in [0.05, 0.1) is 11.5 Å². The second-order valence-electron chi connectivity index (χ2n) is 3.90. The molecule has 0 aromatic carbocycles. The van der Waals surface area contributed by atoms with Crippen molar-refractivity contribution in [3.8, 4) is 0 Å². The monoisotopic (exact) mass is 234 g/mol. The summed E-state index contributed by atoms with van der Waals surface area (Å²) in [4.78, 5) is 11.2. The molecule has 0 aromatic rings. The molecule has 1 amide bonds. The Morgan fingerprint density at radius 2 is 2.20 bits per heavy atom. The van der Waals surface area contributed by atoms with Crippen LogP contribution in [0, 0.1) is 0 Å². The zero-order valence-corrected chi connectivity index (χ0v) is 9.77. The Kier molecular flexibility index (Phi) is 4.53. The summed E-state index contributed by atoms with van der Waals surface area (Å²) in [6.45, 7) is 2.02. The van der Waals surface area contributed by atoms with Crippen LogP contribution in [-0.4, -0.2) is 31.9 Å². The molecule has 0 spiro atoms. The van der Waals surface area contributed by atoms with Gasteiger partial charge in [-0.2, -0.15) is 0 Å². The van der Waals surface area contributed by atoms with Gasteiger partial charge in [0.1, 0.15) is 0 Å². The van der Waals surface area contributed by atoms with Gasteiger partial charge in [-0.3, -0.25) is 10.2 Å². The van der Waals surface area contributed by atoms with E-state index in [1.807, 2.05) is 6.92 Å². The molecule has 1 aliphatic heterocycles. The van der Waals surface area contributed by atoms with Crippen molar-refractivity contribution >= 4 is 15.7 Å². The van der Waals surface area contributed by atoms with E-state index in [0.717, 1.165) is 12.8 Å². The molecular formula is C9H18N2O3S. The number of hydrogen-bond acceptors (Lipinski definition) is 4. The van der Waals surface area contributed by atoms with E-state index in [-0.39, 0.29) is 23.5 Å². The Balaban J connectivity index is 2.18. The van der Waals surface area contributed by atoms with Crippen LogP contribution in [0.4, 0.5) is 0 Å². The highest BCUT2D eigenvalue weighted by Gasteiger charge is 2.27. The predicted octanol–water partition coefficient (Wildman–Crippen LogP) is -0.0155. The molecule has 1 aliphatic rings. The minimum atomic E-state index is -2.87. The Morgan fingerprint density at radius 1 is 1.47 bits per heavy atom. The largest absolute Gasteiger partial charge is 0.291 e. The lowest BCUT2D eigenvalue weighted by Crippen LogP contribution is -2.44. The van der Waals surface area contributed by atoms with E-state index in [1.54, 1.807) is 0 Å². The van der Waals surface area contributed by atoms with Crippen LogP contribution in [0.1, 0.15) is 32.6 Å². The van der Waals surface area contributed by atoms with Gasteiger partial charge >= 0.3 is 0 Å². The van der Waals surface area contributed by atoms with E-state index in [1.165, 1.54) is 0 Å². The highest BCUT2D eigenvalue weighted by atomic mass is 32.2. The first-order valence-electron chi connectivity index (χ1n) is 5.28. The van der Waals surface area contributed by atoms with Gasteiger partial charge in [-0.1, -0.05) is 13.3 Å². The first-order chi connectivity index (χ1) is 7.03. The number of amides is 1. The van der Waals surface area contributed by atoms with Crippen molar-refractivity contribution in [1.29, 1.82) is 0 Å². The second-order valence-corrected chi connectivity index (χ2v) is 6.12. The van der Waals surface area contributed by atoms with E-state index in [4.69, 9.17) is 0 Å². The van der Waals surface area contributed by atoms with Crippen molar-refractivity contribution in [2.75, 3.05) is 11.5 Å². The minimum Gasteiger partial charge on any atom is -0.291 e. The van der Waals surface area contributed by atoms with Crippen LogP contribution in [-0.2, 0) is 14.6 Å². The number of carbonyl (C=O) groups is 1. The third-order valence-electron chi connectivity index (χ3n) is 2.41. The summed E-state index contributed by atoms with van der Waals surface area (Å²) in [6, 6.07) is -0.124. The van der Waals surface area contributed by atoms with Crippen molar-refractivity contribution in [3.63, 3.8) is 0 Å². The maximum atomic E-state index is 11.2. The average Bonchev–Trinajstić information content (AvgIpc) is 2.52. The van der Waals surface area contributed by atoms with E-state index in [2.05, 4.69) is 10.9 Å². The molecule has 2 N–H and O–H groups in total. The molecule has 0 bridgehead atoms. The van der Waals surface area contributed by atoms with E-state index < -0.39 is 9.84 Å². The predicted molar refractivity (Wildman–Crippen MR) is 57.9 cm³/mol. The summed E-state index contributed by atoms with van der Waals surface area (Å²) >= 11 is 0. The molecule has 0 saturated carbocycles. The number of unbranched alkanes of at least 4 members (excludes halogenated alkanes) is 1. The summed E-state index contributed by atoms with van der Waals surface area (Å²) in [5.41, 5.74) is 5.31. The molecule has 1 fully saturated rings. The smallest absolute Gasteiger partial charge is 0.234 e. The van der Waals surface area contributed by atoms with E-state index >= 15 is 0 Å². The Morgan fingerprint density at radius 3 is 2.73 bits per heavy atom. The van der Waals surface area contributed by atoms with Crippen molar-refractivity contribution in [1.82, 2.24) is 10.9 Å². The molecule has 1 rings (SSSR count). The molecule has 88 valence electrons. The topological polar surface area (TPSA) is 75.3 Å². The molecule has 0 aliphatic carbocycles. The van der Waals surface area contributed by atoms with Crippen LogP contribution < -0.4 is 10.9 Å². The van der Waals surface area contributed by atoms with Crippen LogP contribution in [0.15, 0.2) is 0 Å². The summed E-state index contributed by atoms with van der Waals surface area (Å²) < 4.78 is 22.2. The standard InChI is InChI=1S/C9H18N2O3S/c1-2-3-4-9(12)11-10-8-5-6-15(13,14)7-8/h8,10H,2-7H2,1H3,(H,11,12). The number of hydrazine groups is 1. The fraction of sp³-hybridized carbons (Fsp3) is 0.889. The van der Waals surface area contributed by atoms with Crippen LogP contribution in [0.3, 0.4) is 0 Å². The first kappa shape index (κ1) is 12.4. The maximum Gasteiger partial charge on any atom is 0.234 e. The summed E-state index contributed by atoms with van der Waals surface area (Å²) in [7, 11) is -2.87. The van der Waals surface area contributed by atoms with Gasteiger partial charge in [0, 0.05) is 12.5 Å². The Labute approximate surface area is 90.5 Å². The fourth-order valence-electron chi connectivity index (χ4n) is 1.49. The molecule has 1 saturated heterocycles. The van der Waals surface area contributed by atoms with Gasteiger partial charge in [0.2, 0.25) is 5.91 Å². The fourth-order valence-corrected chi connectivity index (χ4v) is 3.16. The highest BCUT2D eigenvalue weighted by Crippen LogP contribution is 2.10. The van der Waals surface area contributed by atoms with Gasteiger partial charge in [-0.15, -0.1) is 0 Å². The molecule has 1 heterocycles. The van der Waals surface area contributed by atoms with E-state index in [9.17, 15) is 13.2 Å².